The molecule has 0 fully saturated rings. The van der Waals surface area contributed by atoms with Crippen LogP contribution >= 0.6 is 11.3 Å². The summed E-state index contributed by atoms with van der Waals surface area (Å²) < 4.78 is 0. The van der Waals surface area contributed by atoms with Gasteiger partial charge in [0, 0.05) is 22.8 Å². The largest absolute Gasteiger partial charge is 0.346 e. The highest BCUT2D eigenvalue weighted by Crippen LogP contribution is 2.12. The lowest BCUT2D eigenvalue weighted by atomic mass is 10.1. The summed E-state index contributed by atoms with van der Waals surface area (Å²) in [5.74, 6) is 5.72. The predicted molar refractivity (Wildman–Crippen MR) is 79.3 cm³/mol. The summed E-state index contributed by atoms with van der Waals surface area (Å²) in [6.45, 7) is 2.49. The van der Waals surface area contributed by atoms with Gasteiger partial charge in [-0.25, -0.2) is 15.8 Å². The van der Waals surface area contributed by atoms with Crippen LogP contribution in [0.4, 0.5) is 5.82 Å². The molecular weight excluding hydrogens is 274 g/mol. The van der Waals surface area contributed by atoms with Crippen LogP contribution in [-0.2, 0) is 13.0 Å². The fraction of sp³-hybridized carbons (Fsp3) is 0.308. The minimum atomic E-state index is -0.156. The van der Waals surface area contributed by atoms with Crippen LogP contribution in [0, 0.1) is 0 Å². The van der Waals surface area contributed by atoms with Crippen molar-refractivity contribution in [2.75, 3.05) is 5.43 Å². The zero-order valence-electron chi connectivity index (χ0n) is 11.2. The van der Waals surface area contributed by atoms with Gasteiger partial charge in [-0.2, -0.15) is 0 Å². The Morgan fingerprint density at radius 3 is 2.95 bits per heavy atom. The van der Waals surface area contributed by atoms with Crippen LogP contribution in [0.25, 0.3) is 0 Å². The maximum atomic E-state index is 12.1. The molecule has 2 heterocycles. The molecular formula is C13H17N5OS. The molecule has 0 aliphatic heterocycles. The zero-order valence-corrected chi connectivity index (χ0v) is 12.0. The topological polar surface area (TPSA) is 92.9 Å². The first-order valence-corrected chi connectivity index (χ1v) is 7.25. The predicted octanol–water partition coefficient (Wildman–Crippen LogP) is 1.71. The van der Waals surface area contributed by atoms with Gasteiger partial charge in [-0.1, -0.05) is 13.3 Å². The standard InChI is InChI=1S/C13H17N5OS/c1-2-3-10-6-9(7-11(17-10)18-14)13(19)16-8-12-15-4-5-20-12/h4-7H,2-3,8,14H2,1H3,(H,16,19)(H,17,18). The van der Waals surface area contributed by atoms with Crippen LogP contribution in [0.2, 0.25) is 0 Å². The Hall–Kier alpha value is -1.99. The number of hydrogen-bond acceptors (Lipinski definition) is 6. The fourth-order valence-corrected chi connectivity index (χ4v) is 2.33. The maximum Gasteiger partial charge on any atom is 0.251 e. The molecule has 6 nitrogen and oxygen atoms in total. The number of nitrogens with zero attached hydrogens (tertiary/aromatic N) is 2. The zero-order chi connectivity index (χ0) is 14.4. The summed E-state index contributed by atoms with van der Waals surface area (Å²) in [7, 11) is 0. The molecule has 0 saturated heterocycles. The van der Waals surface area contributed by atoms with E-state index in [1.54, 1.807) is 18.3 Å². The number of nitrogens with two attached hydrogens (primary N) is 1. The van der Waals surface area contributed by atoms with Gasteiger partial charge >= 0.3 is 0 Å². The highest BCUT2D eigenvalue weighted by molar-refractivity contribution is 7.09. The number of aromatic nitrogens is 2. The number of carbonyl (C=O) groups excluding carboxylic acids is 1. The lowest BCUT2D eigenvalue weighted by Crippen LogP contribution is -2.23. The molecule has 2 rings (SSSR count). The van der Waals surface area contributed by atoms with Gasteiger partial charge in [-0.3, -0.25) is 4.79 Å². The van der Waals surface area contributed by atoms with Crippen LogP contribution in [0.3, 0.4) is 0 Å². The lowest BCUT2D eigenvalue weighted by Gasteiger charge is -2.08. The van der Waals surface area contributed by atoms with Crippen LogP contribution < -0.4 is 16.6 Å². The van der Waals surface area contributed by atoms with Gasteiger partial charge in [0.1, 0.15) is 10.8 Å². The number of hydrogen-bond donors (Lipinski definition) is 3. The molecule has 0 unspecified atom stereocenters. The van der Waals surface area contributed by atoms with Crippen molar-refractivity contribution >= 4 is 23.1 Å². The molecule has 0 aliphatic rings. The van der Waals surface area contributed by atoms with E-state index in [9.17, 15) is 4.79 Å². The van der Waals surface area contributed by atoms with Crippen molar-refractivity contribution in [3.8, 4) is 0 Å². The van der Waals surface area contributed by atoms with Gasteiger partial charge < -0.3 is 10.7 Å². The van der Waals surface area contributed by atoms with E-state index in [-0.39, 0.29) is 5.91 Å². The van der Waals surface area contributed by atoms with Gasteiger partial charge in [-0.15, -0.1) is 11.3 Å². The third-order valence-electron chi connectivity index (χ3n) is 2.68. The van der Waals surface area contributed by atoms with Crippen molar-refractivity contribution in [1.82, 2.24) is 15.3 Å². The van der Waals surface area contributed by atoms with Gasteiger partial charge in [0.2, 0.25) is 0 Å². The Bertz CT molecular complexity index is 570. The summed E-state index contributed by atoms with van der Waals surface area (Å²) in [6, 6.07) is 3.43. The Morgan fingerprint density at radius 2 is 2.30 bits per heavy atom. The van der Waals surface area contributed by atoms with Crippen molar-refractivity contribution in [1.29, 1.82) is 0 Å². The molecule has 20 heavy (non-hydrogen) atoms. The summed E-state index contributed by atoms with van der Waals surface area (Å²) in [4.78, 5) is 20.6. The molecule has 2 aromatic rings. The number of rotatable bonds is 6. The maximum absolute atomic E-state index is 12.1. The van der Waals surface area contributed by atoms with Gasteiger partial charge in [-0.05, 0) is 18.6 Å². The number of amides is 1. The number of thiazole rings is 1. The van der Waals surface area contributed by atoms with Gasteiger partial charge in [0.05, 0.1) is 6.54 Å². The summed E-state index contributed by atoms with van der Waals surface area (Å²) >= 11 is 1.51. The smallest absolute Gasteiger partial charge is 0.251 e. The van der Waals surface area contributed by atoms with E-state index >= 15 is 0 Å². The van der Waals surface area contributed by atoms with Crippen molar-refractivity contribution in [2.45, 2.75) is 26.3 Å². The van der Waals surface area contributed by atoms with Crippen molar-refractivity contribution in [2.24, 2.45) is 5.84 Å². The number of aryl methyl sites for hydroxylation is 1. The molecule has 0 aliphatic carbocycles. The number of pyridine rings is 1. The molecule has 0 radical (unpaired) electrons. The molecule has 106 valence electrons. The highest BCUT2D eigenvalue weighted by atomic mass is 32.1. The molecule has 1 amide bonds. The second-order valence-electron chi connectivity index (χ2n) is 4.24. The third-order valence-corrected chi connectivity index (χ3v) is 3.46. The molecule has 0 bridgehead atoms. The van der Waals surface area contributed by atoms with Crippen molar-refractivity contribution in [3.05, 3.63) is 40.0 Å². The van der Waals surface area contributed by atoms with Crippen molar-refractivity contribution < 1.29 is 4.79 Å². The highest BCUT2D eigenvalue weighted by Gasteiger charge is 2.10. The normalized spacial score (nSPS) is 10.3. The van der Waals surface area contributed by atoms with Crippen LogP contribution in [-0.4, -0.2) is 15.9 Å². The monoisotopic (exact) mass is 291 g/mol. The van der Waals surface area contributed by atoms with Crippen LogP contribution in [0.15, 0.2) is 23.7 Å². The Morgan fingerprint density at radius 1 is 1.45 bits per heavy atom. The number of nitrogen functional groups attached to an aromatic ring is 1. The summed E-state index contributed by atoms with van der Waals surface area (Å²) in [6.07, 6.45) is 3.48. The van der Waals surface area contributed by atoms with Crippen LogP contribution in [0.1, 0.15) is 34.4 Å². The van der Waals surface area contributed by atoms with E-state index in [2.05, 4.69) is 27.6 Å². The van der Waals surface area contributed by atoms with E-state index in [4.69, 9.17) is 5.84 Å². The van der Waals surface area contributed by atoms with E-state index in [0.29, 0.717) is 17.9 Å². The van der Waals surface area contributed by atoms with Gasteiger partial charge in [0.25, 0.3) is 5.91 Å². The quantitative estimate of drug-likeness (QED) is 0.556. The average Bonchev–Trinajstić information content (AvgIpc) is 2.98. The Kier molecular flexibility index (Phi) is 5.03. The molecule has 0 aromatic carbocycles. The minimum Gasteiger partial charge on any atom is -0.346 e. The summed E-state index contributed by atoms with van der Waals surface area (Å²) in [5.41, 5.74) is 3.89. The van der Waals surface area contributed by atoms with Crippen molar-refractivity contribution in [3.63, 3.8) is 0 Å². The second kappa shape index (κ2) is 6.97. The van der Waals surface area contributed by atoms with E-state index in [1.807, 2.05) is 5.38 Å². The SMILES string of the molecule is CCCc1cc(C(=O)NCc2nccs2)cc(NN)n1. The number of carbonyl (C=O) groups is 1. The Balaban J connectivity index is 2.09. The molecule has 2 aromatic heterocycles. The first-order valence-electron chi connectivity index (χ1n) is 6.37. The third kappa shape index (κ3) is 3.75. The average molecular weight is 291 g/mol. The molecule has 0 spiro atoms. The van der Waals surface area contributed by atoms with Gasteiger partial charge in [0.15, 0.2) is 0 Å². The molecule has 0 atom stereocenters. The van der Waals surface area contributed by atoms with E-state index < -0.39 is 0 Å². The Labute approximate surface area is 121 Å². The van der Waals surface area contributed by atoms with Crippen LogP contribution in [0.5, 0.6) is 0 Å². The fourth-order valence-electron chi connectivity index (χ4n) is 1.78. The number of hydrazine groups is 1. The lowest BCUT2D eigenvalue weighted by molar-refractivity contribution is 0.0950. The second-order valence-corrected chi connectivity index (χ2v) is 5.21. The van der Waals surface area contributed by atoms with E-state index in [0.717, 1.165) is 23.5 Å². The minimum absolute atomic E-state index is 0.156. The molecule has 0 saturated carbocycles. The summed E-state index contributed by atoms with van der Waals surface area (Å²) in [5, 5.41) is 5.59. The first kappa shape index (κ1) is 14.4. The molecule has 7 heteroatoms. The van der Waals surface area contributed by atoms with E-state index in [1.165, 1.54) is 11.3 Å². The first-order chi connectivity index (χ1) is 9.72. The molecule has 4 N–H and O–H groups in total. The number of anilines is 1. The number of nitrogens with one attached hydrogen (secondary N) is 2.